The van der Waals surface area contributed by atoms with Crippen LogP contribution < -0.4 is 0 Å². The zero-order valence-corrected chi connectivity index (χ0v) is 15.6. The first-order valence-electron chi connectivity index (χ1n) is 8.62. The third-order valence-corrected chi connectivity index (χ3v) is 4.22. The Labute approximate surface area is 142 Å². The van der Waals surface area contributed by atoms with Crippen molar-refractivity contribution in [1.29, 1.82) is 0 Å². The first kappa shape index (κ1) is 17.7. The molecular weight excluding hydrogens is 278 g/mol. The highest BCUT2D eigenvalue weighted by Crippen LogP contribution is 2.29. The van der Waals surface area contributed by atoms with Crippen LogP contribution in [0.15, 0.2) is 42.7 Å². The topological polar surface area (TPSA) is 12.9 Å². The fourth-order valence-electron chi connectivity index (χ4n) is 3.27. The summed E-state index contributed by atoms with van der Waals surface area (Å²) in [6.45, 7) is 13.9. The Morgan fingerprint density at radius 1 is 0.870 bits per heavy atom. The van der Waals surface area contributed by atoms with E-state index in [-0.39, 0.29) is 5.41 Å². The van der Waals surface area contributed by atoms with Gasteiger partial charge in [-0.25, -0.2) is 0 Å². The van der Waals surface area contributed by atoms with E-state index in [4.69, 9.17) is 0 Å². The second kappa shape index (κ2) is 6.86. The molecule has 0 saturated carbocycles. The SMILES string of the molecule is Cc1ccc(CC(C)(C)C)cc1CC(C)(C)Cc1cccnc1. The molecule has 0 saturated heterocycles. The highest BCUT2D eigenvalue weighted by molar-refractivity contribution is 5.32. The van der Waals surface area contributed by atoms with Crippen molar-refractivity contribution >= 4 is 0 Å². The highest BCUT2D eigenvalue weighted by Gasteiger charge is 2.21. The van der Waals surface area contributed by atoms with Gasteiger partial charge in [0.25, 0.3) is 0 Å². The van der Waals surface area contributed by atoms with Crippen LogP contribution in [0.2, 0.25) is 0 Å². The number of hydrogen-bond acceptors (Lipinski definition) is 1. The van der Waals surface area contributed by atoms with Gasteiger partial charge in [-0.1, -0.05) is 58.9 Å². The van der Waals surface area contributed by atoms with Gasteiger partial charge in [0.05, 0.1) is 0 Å². The largest absolute Gasteiger partial charge is 0.264 e. The first-order valence-corrected chi connectivity index (χ1v) is 8.62. The molecule has 0 aliphatic rings. The summed E-state index contributed by atoms with van der Waals surface area (Å²) in [6.07, 6.45) is 7.13. The Morgan fingerprint density at radius 2 is 1.61 bits per heavy atom. The third-order valence-electron chi connectivity index (χ3n) is 4.22. The van der Waals surface area contributed by atoms with Crippen LogP contribution in [0.4, 0.5) is 0 Å². The number of pyridine rings is 1. The number of nitrogens with zero attached hydrogens (tertiary/aromatic N) is 1. The normalized spacial score (nSPS) is 12.4. The van der Waals surface area contributed by atoms with Crippen molar-refractivity contribution in [3.05, 3.63) is 65.0 Å². The molecule has 23 heavy (non-hydrogen) atoms. The maximum absolute atomic E-state index is 4.25. The average Bonchev–Trinajstić information content (AvgIpc) is 2.41. The van der Waals surface area contributed by atoms with Crippen LogP contribution in [0.1, 0.15) is 56.9 Å². The molecule has 0 spiro atoms. The Kier molecular flexibility index (Phi) is 5.29. The summed E-state index contributed by atoms with van der Waals surface area (Å²) in [7, 11) is 0. The Morgan fingerprint density at radius 3 is 2.22 bits per heavy atom. The number of aryl methyl sites for hydroxylation is 1. The van der Waals surface area contributed by atoms with Crippen molar-refractivity contribution in [2.75, 3.05) is 0 Å². The number of aromatic nitrogens is 1. The van der Waals surface area contributed by atoms with Gasteiger partial charge in [0, 0.05) is 12.4 Å². The lowest BCUT2D eigenvalue weighted by atomic mass is 9.78. The van der Waals surface area contributed by atoms with Crippen LogP contribution in [-0.2, 0) is 19.3 Å². The van der Waals surface area contributed by atoms with E-state index in [1.165, 1.54) is 22.3 Å². The van der Waals surface area contributed by atoms with E-state index < -0.39 is 0 Å². The summed E-state index contributed by atoms with van der Waals surface area (Å²) in [5, 5.41) is 0. The maximum atomic E-state index is 4.25. The van der Waals surface area contributed by atoms with Crippen molar-refractivity contribution in [1.82, 2.24) is 4.98 Å². The van der Waals surface area contributed by atoms with Gasteiger partial charge < -0.3 is 0 Å². The summed E-state index contributed by atoms with van der Waals surface area (Å²) < 4.78 is 0. The van der Waals surface area contributed by atoms with Gasteiger partial charge in [0.2, 0.25) is 0 Å². The van der Waals surface area contributed by atoms with Crippen molar-refractivity contribution in [3.8, 4) is 0 Å². The molecule has 2 aromatic rings. The van der Waals surface area contributed by atoms with E-state index >= 15 is 0 Å². The molecule has 0 radical (unpaired) electrons. The van der Waals surface area contributed by atoms with E-state index in [9.17, 15) is 0 Å². The monoisotopic (exact) mass is 309 g/mol. The minimum Gasteiger partial charge on any atom is -0.264 e. The van der Waals surface area contributed by atoms with Crippen LogP contribution >= 0.6 is 0 Å². The maximum Gasteiger partial charge on any atom is 0.0300 e. The zero-order valence-electron chi connectivity index (χ0n) is 15.6. The van der Waals surface area contributed by atoms with Gasteiger partial charge in [0.1, 0.15) is 0 Å². The summed E-state index contributed by atoms with van der Waals surface area (Å²) in [6, 6.07) is 11.2. The average molecular weight is 309 g/mol. The second-order valence-corrected chi connectivity index (χ2v) is 8.88. The van der Waals surface area contributed by atoms with Crippen LogP contribution in [-0.4, -0.2) is 4.98 Å². The molecule has 0 unspecified atom stereocenters. The van der Waals surface area contributed by atoms with Crippen LogP contribution in [0, 0.1) is 17.8 Å². The summed E-state index contributed by atoms with van der Waals surface area (Å²) in [5.74, 6) is 0. The smallest absolute Gasteiger partial charge is 0.0300 e. The van der Waals surface area contributed by atoms with E-state index in [0.717, 1.165) is 19.3 Å². The molecule has 1 aromatic carbocycles. The Hall–Kier alpha value is -1.63. The summed E-state index contributed by atoms with van der Waals surface area (Å²) in [4.78, 5) is 4.25. The Balaban J connectivity index is 2.16. The quantitative estimate of drug-likeness (QED) is 0.681. The van der Waals surface area contributed by atoms with Gasteiger partial charge in [-0.3, -0.25) is 4.98 Å². The van der Waals surface area contributed by atoms with E-state index in [1.54, 1.807) is 0 Å². The lowest BCUT2D eigenvalue weighted by Gasteiger charge is -2.26. The minimum atomic E-state index is 0.230. The van der Waals surface area contributed by atoms with E-state index in [2.05, 4.69) is 70.8 Å². The van der Waals surface area contributed by atoms with Gasteiger partial charge in [-0.2, -0.15) is 0 Å². The fourth-order valence-corrected chi connectivity index (χ4v) is 3.27. The molecule has 2 rings (SSSR count). The van der Waals surface area contributed by atoms with Gasteiger partial charge in [-0.15, -0.1) is 0 Å². The molecule has 0 bridgehead atoms. The molecule has 0 atom stereocenters. The Bertz CT molecular complexity index is 633. The van der Waals surface area contributed by atoms with Crippen LogP contribution in [0.3, 0.4) is 0 Å². The van der Waals surface area contributed by atoms with Crippen molar-refractivity contribution in [2.45, 2.75) is 60.8 Å². The number of hydrogen-bond donors (Lipinski definition) is 0. The number of rotatable bonds is 5. The zero-order chi connectivity index (χ0) is 17.1. The molecule has 0 amide bonds. The molecular formula is C22H31N. The summed E-state index contributed by atoms with van der Waals surface area (Å²) >= 11 is 0. The molecule has 0 fully saturated rings. The lowest BCUT2D eigenvalue weighted by Crippen LogP contribution is -2.19. The predicted octanol–water partition coefficient (Wildman–Crippen LogP) is 5.79. The molecule has 1 heteroatoms. The third kappa shape index (κ3) is 5.82. The molecule has 1 heterocycles. The molecule has 0 aliphatic heterocycles. The summed E-state index contributed by atoms with van der Waals surface area (Å²) in [5.41, 5.74) is 6.23. The highest BCUT2D eigenvalue weighted by atomic mass is 14.6. The number of benzene rings is 1. The molecule has 0 aliphatic carbocycles. The molecule has 0 N–H and O–H groups in total. The van der Waals surface area contributed by atoms with Gasteiger partial charge in [0.15, 0.2) is 0 Å². The van der Waals surface area contributed by atoms with E-state index in [0.29, 0.717) is 5.41 Å². The predicted molar refractivity (Wildman–Crippen MR) is 99.8 cm³/mol. The lowest BCUT2D eigenvalue weighted by molar-refractivity contribution is 0.359. The molecule has 1 nitrogen and oxygen atoms in total. The molecule has 1 aromatic heterocycles. The van der Waals surface area contributed by atoms with Crippen molar-refractivity contribution in [2.24, 2.45) is 10.8 Å². The van der Waals surface area contributed by atoms with E-state index in [1.807, 2.05) is 18.5 Å². The molecule has 124 valence electrons. The fraction of sp³-hybridized carbons (Fsp3) is 0.500. The van der Waals surface area contributed by atoms with Crippen LogP contribution in [0.5, 0.6) is 0 Å². The van der Waals surface area contributed by atoms with Gasteiger partial charge in [-0.05, 0) is 65.3 Å². The van der Waals surface area contributed by atoms with Crippen LogP contribution in [0.25, 0.3) is 0 Å². The second-order valence-electron chi connectivity index (χ2n) is 8.88. The first-order chi connectivity index (χ1) is 10.6. The van der Waals surface area contributed by atoms with Crippen molar-refractivity contribution < 1.29 is 0 Å². The standard InChI is InChI=1S/C22H31N/c1-17-9-10-18(13-21(2,3)4)12-20(17)15-22(5,6)14-19-8-7-11-23-16-19/h7-12,16H,13-15H2,1-6H3. The minimum absolute atomic E-state index is 0.230. The van der Waals surface area contributed by atoms with Gasteiger partial charge >= 0.3 is 0 Å². The van der Waals surface area contributed by atoms with Crippen molar-refractivity contribution in [3.63, 3.8) is 0 Å².